The van der Waals surface area contributed by atoms with E-state index in [-0.39, 0.29) is 66.6 Å². The summed E-state index contributed by atoms with van der Waals surface area (Å²) < 4.78 is 0. The normalized spacial score (nSPS) is 9.85. The van der Waals surface area contributed by atoms with Crippen molar-refractivity contribution < 1.29 is 41.7 Å². The van der Waals surface area contributed by atoms with Crippen molar-refractivity contribution in [3.63, 3.8) is 0 Å². The molecule has 0 unspecified atom stereocenters. The van der Waals surface area contributed by atoms with Crippen LogP contribution in [0.1, 0.15) is 26.2 Å². The number of allylic oxidation sites excluding steroid dienone is 1. The van der Waals surface area contributed by atoms with E-state index in [2.05, 4.69) is 38.3 Å². The van der Waals surface area contributed by atoms with Gasteiger partial charge in [-0.1, -0.05) is 45.8 Å². The van der Waals surface area contributed by atoms with Crippen molar-refractivity contribution in [3.05, 3.63) is 11.8 Å². The van der Waals surface area contributed by atoms with Crippen LogP contribution in [0.4, 0.5) is 0 Å². The van der Waals surface area contributed by atoms with Gasteiger partial charge < -0.3 is 5.70 Å². The topological polar surface area (TPSA) is 0 Å². The Kier molecular flexibility index (Phi) is 25.9. The van der Waals surface area contributed by atoms with Crippen LogP contribution in [-0.4, -0.2) is 8.07 Å². The van der Waals surface area contributed by atoms with E-state index in [0.29, 0.717) is 0 Å². The third kappa shape index (κ3) is 24.9. The first-order chi connectivity index (χ1) is 4.56. The summed E-state index contributed by atoms with van der Waals surface area (Å²) in [6.07, 6.45) is 6.07. The molecule has 0 spiro atoms. The van der Waals surface area contributed by atoms with Crippen molar-refractivity contribution in [2.24, 2.45) is 0 Å². The number of rotatable bonds is 4. The predicted octanol–water partition coefficient (Wildman–Crippen LogP) is 4.26. The molecule has 0 amide bonds. The van der Waals surface area contributed by atoms with Crippen LogP contribution >= 0.6 is 24.8 Å². The molecule has 0 aromatic heterocycles. The molecule has 0 heterocycles. The Bertz CT molecular complexity index is 111. The Morgan fingerprint density at radius 2 is 1.62 bits per heavy atom. The van der Waals surface area contributed by atoms with Crippen LogP contribution in [0.15, 0.2) is 6.08 Å². The van der Waals surface area contributed by atoms with Gasteiger partial charge >= 0.3 is 0 Å². The third-order valence-electron chi connectivity index (χ3n) is 1.24. The minimum absolute atomic E-state index is 0. The minimum atomic E-state index is -1.01. The molecular weight excluding hydrogens is 347 g/mol. The van der Waals surface area contributed by atoms with E-state index in [9.17, 15) is 0 Å². The second-order valence-electron chi connectivity index (χ2n) is 3.74. The molecule has 0 saturated carbocycles. The molecule has 4 heteroatoms. The summed E-state index contributed by atoms with van der Waals surface area (Å²) in [5.41, 5.74) is 3.47. The van der Waals surface area contributed by atoms with Gasteiger partial charge in [-0.3, -0.25) is 6.08 Å². The molecule has 0 aliphatic heterocycles. The largest absolute Gasteiger partial charge is 0.502 e. The molecule has 0 N–H and O–H groups in total. The Morgan fingerprint density at radius 3 is 1.92 bits per heavy atom. The zero-order chi connectivity index (χ0) is 8.04. The molecule has 0 saturated heterocycles. The number of unbranched alkanes of at least 4 members (excludes halogenated alkanes) is 2. The average Bonchev–Trinajstić information content (AvgIpc) is 1.78. The third-order valence-corrected chi connectivity index (χ3v) is 2.31. The molecule has 0 aliphatic carbocycles. The van der Waals surface area contributed by atoms with Crippen molar-refractivity contribution in [1.29, 1.82) is 0 Å². The molecule has 0 aliphatic rings. The fourth-order valence-electron chi connectivity index (χ4n) is 0.685. The maximum Gasteiger partial charge on any atom is 0 e. The van der Waals surface area contributed by atoms with Crippen LogP contribution in [0, 0.1) is 47.4 Å². The zero-order valence-corrected chi connectivity index (χ0v) is 14.8. The molecule has 13 heavy (non-hydrogen) atoms. The van der Waals surface area contributed by atoms with E-state index in [1.165, 1.54) is 19.3 Å². The number of hydrogen-bond acceptors (Lipinski definition) is 0. The van der Waals surface area contributed by atoms with Crippen molar-refractivity contribution in [3.8, 4) is 0 Å². The first-order valence-corrected chi connectivity index (χ1v) is 7.65. The van der Waals surface area contributed by atoms with Crippen molar-refractivity contribution >= 4 is 32.9 Å². The predicted molar refractivity (Wildman–Crippen MR) is 65.2 cm³/mol. The smallest absolute Gasteiger partial charge is 0 e. The quantitative estimate of drug-likeness (QED) is 0.395. The zero-order valence-electron chi connectivity index (χ0n) is 9.02. The van der Waals surface area contributed by atoms with E-state index in [4.69, 9.17) is 0 Å². The first kappa shape index (κ1) is 24.2. The monoisotopic (exact) mass is 367 g/mol. The summed E-state index contributed by atoms with van der Waals surface area (Å²) in [7, 11) is -1.01. The van der Waals surface area contributed by atoms with Gasteiger partial charge in [-0.15, -0.1) is 32.9 Å². The van der Waals surface area contributed by atoms with Gasteiger partial charge in [0.1, 0.15) is 0 Å². The molecular formula is C9H21CeCl2Si-. The molecule has 80 valence electrons. The van der Waals surface area contributed by atoms with Crippen LogP contribution in [0.3, 0.4) is 0 Å². The van der Waals surface area contributed by atoms with Crippen molar-refractivity contribution in [2.75, 3.05) is 0 Å². The fourth-order valence-corrected chi connectivity index (χ4v) is 1.44. The second-order valence-corrected chi connectivity index (χ2v) is 8.53. The average molecular weight is 368 g/mol. The van der Waals surface area contributed by atoms with Crippen LogP contribution in [0.2, 0.25) is 19.6 Å². The number of halogens is 2. The summed E-state index contributed by atoms with van der Waals surface area (Å²) >= 11 is 0. The molecule has 0 atom stereocenters. The van der Waals surface area contributed by atoms with Crippen LogP contribution in [-0.2, 0) is 0 Å². The van der Waals surface area contributed by atoms with Crippen molar-refractivity contribution in [1.82, 2.24) is 0 Å². The van der Waals surface area contributed by atoms with E-state index in [1.807, 2.05) is 0 Å². The summed E-state index contributed by atoms with van der Waals surface area (Å²) in [4.78, 5) is 0. The molecule has 0 bridgehead atoms. The SMILES string of the molecule is CCCCC=[C-][Si](C)(C)C.Cl.Cl.[Ce]. The standard InChI is InChI=1S/C9H19Si.Ce.2ClH/c1-5-6-7-8-9-10(2,3)4;;;/h8H,5-7H2,1-4H3;;2*1H/q-1;;;. The summed E-state index contributed by atoms with van der Waals surface area (Å²) in [5, 5.41) is 0. The summed E-state index contributed by atoms with van der Waals surface area (Å²) in [5.74, 6) is 0. The van der Waals surface area contributed by atoms with Crippen LogP contribution < -0.4 is 0 Å². The number of hydrogen-bond donors (Lipinski definition) is 0. The molecule has 0 aromatic carbocycles. The maximum atomic E-state index is 3.47. The maximum absolute atomic E-state index is 3.47. The molecule has 0 fully saturated rings. The minimum Gasteiger partial charge on any atom is -0.502 e. The second kappa shape index (κ2) is 13.9. The van der Waals surface area contributed by atoms with Crippen molar-refractivity contribution in [2.45, 2.75) is 45.8 Å². The van der Waals surface area contributed by atoms with E-state index >= 15 is 0 Å². The molecule has 0 aromatic rings. The van der Waals surface area contributed by atoms with Gasteiger partial charge in [0.15, 0.2) is 0 Å². The van der Waals surface area contributed by atoms with Gasteiger partial charge in [-0.05, 0) is 0 Å². The van der Waals surface area contributed by atoms with Gasteiger partial charge in [0.25, 0.3) is 0 Å². The van der Waals surface area contributed by atoms with Crippen LogP contribution in [0.5, 0.6) is 0 Å². The van der Waals surface area contributed by atoms with E-state index < -0.39 is 8.07 Å². The van der Waals surface area contributed by atoms with Gasteiger partial charge in [0, 0.05) is 41.7 Å². The summed E-state index contributed by atoms with van der Waals surface area (Å²) in [6, 6.07) is 0. The van der Waals surface area contributed by atoms with Gasteiger partial charge in [0.05, 0.1) is 0 Å². The Morgan fingerprint density at radius 1 is 1.15 bits per heavy atom. The van der Waals surface area contributed by atoms with Crippen LogP contribution in [0.25, 0.3) is 0 Å². The molecule has 0 nitrogen and oxygen atoms in total. The van der Waals surface area contributed by atoms with Gasteiger partial charge in [-0.25, -0.2) is 0 Å². The van der Waals surface area contributed by atoms with E-state index in [1.54, 1.807) is 0 Å². The molecule has 0 radical (unpaired) electrons. The first-order valence-electron chi connectivity index (χ1n) is 4.15. The Hall–Kier alpha value is 1.91. The fraction of sp³-hybridized carbons (Fsp3) is 0.778. The molecule has 0 rings (SSSR count). The summed E-state index contributed by atoms with van der Waals surface area (Å²) in [6.45, 7) is 9.17. The van der Waals surface area contributed by atoms with Gasteiger partial charge in [0.2, 0.25) is 0 Å². The van der Waals surface area contributed by atoms with Gasteiger partial charge in [-0.2, -0.15) is 0 Å². The Balaban J connectivity index is -0.000000135. The van der Waals surface area contributed by atoms with E-state index in [0.717, 1.165) is 0 Å². The Labute approximate surface area is 131 Å².